The van der Waals surface area contributed by atoms with Gasteiger partial charge >= 0.3 is 0 Å². The number of H-pyrrole nitrogens is 1. The fraction of sp³-hybridized carbons (Fsp3) is 0.100. The zero-order valence-electron chi connectivity index (χ0n) is 14.6. The van der Waals surface area contributed by atoms with Gasteiger partial charge in [-0.1, -0.05) is 42.5 Å². The average Bonchev–Trinajstić information content (AvgIpc) is 2.70. The van der Waals surface area contributed by atoms with E-state index in [-0.39, 0.29) is 11.5 Å². The highest BCUT2D eigenvalue weighted by Crippen LogP contribution is 2.19. The molecule has 0 bridgehead atoms. The Labute approximate surface area is 156 Å². The molecular formula is C20H17N5O2. The van der Waals surface area contributed by atoms with Gasteiger partial charge in [-0.2, -0.15) is 10.4 Å². The van der Waals surface area contributed by atoms with Crippen molar-refractivity contribution in [3.05, 3.63) is 76.1 Å². The highest BCUT2D eigenvalue weighted by molar-refractivity contribution is 5.83. The zero-order chi connectivity index (χ0) is 19.1. The molecule has 0 amide bonds. The van der Waals surface area contributed by atoms with Crippen molar-refractivity contribution < 1.29 is 4.74 Å². The lowest BCUT2D eigenvalue weighted by Gasteiger charge is -2.07. The summed E-state index contributed by atoms with van der Waals surface area (Å²) in [6.07, 6.45) is 1.57. The summed E-state index contributed by atoms with van der Waals surface area (Å²) in [6.45, 7) is 2.45. The van der Waals surface area contributed by atoms with E-state index in [1.807, 2.05) is 55.5 Å². The number of rotatable bonds is 6. The molecule has 3 aromatic rings. The second kappa shape index (κ2) is 8.45. The third-order valence-corrected chi connectivity index (χ3v) is 3.67. The Morgan fingerprint density at radius 3 is 2.70 bits per heavy atom. The molecule has 0 unspecified atom stereocenters. The zero-order valence-corrected chi connectivity index (χ0v) is 14.6. The van der Waals surface area contributed by atoms with Crippen molar-refractivity contribution in [1.82, 2.24) is 9.97 Å². The third kappa shape index (κ3) is 4.19. The van der Waals surface area contributed by atoms with Gasteiger partial charge in [0.2, 0.25) is 5.95 Å². The van der Waals surface area contributed by atoms with Crippen LogP contribution in [0.4, 0.5) is 5.95 Å². The summed E-state index contributed by atoms with van der Waals surface area (Å²) < 4.78 is 5.54. The molecule has 0 saturated carbocycles. The van der Waals surface area contributed by atoms with Crippen LogP contribution in [0.1, 0.15) is 18.1 Å². The van der Waals surface area contributed by atoms with Crippen LogP contribution in [0.5, 0.6) is 5.75 Å². The van der Waals surface area contributed by atoms with Gasteiger partial charge in [0.15, 0.2) is 0 Å². The monoisotopic (exact) mass is 359 g/mol. The molecule has 0 aliphatic heterocycles. The van der Waals surface area contributed by atoms with Gasteiger partial charge in [-0.25, -0.2) is 10.4 Å². The number of nitriles is 1. The molecule has 1 aromatic heterocycles. The summed E-state index contributed by atoms with van der Waals surface area (Å²) in [6, 6.07) is 18.4. The number of nitrogens with zero attached hydrogens (tertiary/aromatic N) is 3. The van der Waals surface area contributed by atoms with Crippen LogP contribution in [0.15, 0.2) is 64.5 Å². The number of ether oxygens (including phenoxy) is 1. The summed E-state index contributed by atoms with van der Waals surface area (Å²) in [4.78, 5) is 19.1. The molecular weight excluding hydrogens is 342 g/mol. The van der Waals surface area contributed by atoms with Gasteiger partial charge in [0.25, 0.3) is 5.56 Å². The number of aromatic amines is 1. The minimum absolute atomic E-state index is 0.0441. The Morgan fingerprint density at radius 1 is 1.22 bits per heavy atom. The van der Waals surface area contributed by atoms with E-state index in [2.05, 4.69) is 20.5 Å². The van der Waals surface area contributed by atoms with Crippen LogP contribution in [-0.4, -0.2) is 22.8 Å². The van der Waals surface area contributed by atoms with Crippen LogP contribution in [0.25, 0.3) is 11.3 Å². The minimum Gasteiger partial charge on any atom is -0.493 e. The molecule has 1 heterocycles. The Kier molecular flexibility index (Phi) is 5.60. The molecule has 0 fully saturated rings. The molecule has 0 atom stereocenters. The van der Waals surface area contributed by atoms with Gasteiger partial charge in [-0.3, -0.25) is 9.78 Å². The molecule has 0 aliphatic rings. The highest BCUT2D eigenvalue weighted by Gasteiger charge is 2.12. The quantitative estimate of drug-likeness (QED) is 0.520. The number of hydrogen-bond donors (Lipinski definition) is 2. The smallest absolute Gasteiger partial charge is 0.270 e. The SMILES string of the molecule is CCOc1ccccc1C=NNc1nc(-c2ccccc2)c(C#N)c(=O)[nH]1. The molecule has 134 valence electrons. The molecule has 3 rings (SSSR count). The summed E-state index contributed by atoms with van der Waals surface area (Å²) in [5.74, 6) is 0.847. The topological polar surface area (TPSA) is 103 Å². The van der Waals surface area contributed by atoms with E-state index in [1.165, 1.54) is 0 Å². The first-order chi connectivity index (χ1) is 13.2. The summed E-state index contributed by atoms with van der Waals surface area (Å²) in [5.41, 5.74) is 3.89. The number of hydrogen-bond acceptors (Lipinski definition) is 6. The van der Waals surface area contributed by atoms with Gasteiger partial charge < -0.3 is 4.74 Å². The molecule has 27 heavy (non-hydrogen) atoms. The molecule has 0 spiro atoms. The number of benzene rings is 2. The molecule has 7 heteroatoms. The van der Waals surface area contributed by atoms with Crippen molar-refractivity contribution in [3.8, 4) is 23.1 Å². The first kappa shape index (κ1) is 17.9. The maximum Gasteiger partial charge on any atom is 0.270 e. The van der Waals surface area contributed by atoms with Crippen molar-refractivity contribution in [2.75, 3.05) is 12.0 Å². The standard InChI is InChI=1S/C20H17N5O2/c1-2-27-17-11-7-6-10-15(17)13-22-25-20-23-18(14-8-4-3-5-9-14)16(12-21)19(26)24-20/h3-11,13H,2H2,1H3,(H2,23,24,25,26). The number of para-hydroxylation sites is 1. The largest absolute Gasteiger partial charge is 0.493 e. The summed E-state index contributed by atoms with van der Waals surface area (Å²) >= 11 is 0. The number of hydrazone groups is 1. The first-order valence-corrected chi connectivity index (χ1v) is 8.33. The van der Waals surface area contributed by atoms with Crippen molar-refractivity contribution >= 4 is 12.2 Å². The molecule has 0 saturated heterocycles. The van der Waals surface area contributed by atoms with Gasteiger partial charge in [0.05, 0.1) is 18.5 Å². The van der Waals surface area contributed by atoms with Gasteiger partial charge in [-0.05, 0) is 19.1 Å². The third-order valence-electron chi connectivity index (χ3n) is 3.67. The van der Waals surface area contributed by atoms with E-state index in [0.29, 0.717) is 23.6 Å². The Balaban J connectivity index is 1.90. The van der Waals surface area contributed by atoms with Crippen molar-refractivity contribution in [2.24, 2.45) is 5.10 Å². The van der Waals surface area contributed by atoms with E-state index in [1.54, 1.807) is 18.3 Å². The maximum absolute atomic E-state index is 12.2. The number of aromatic nitrogens is 2. The second-order valence-electron chi connectivity index (χ2n) is 5.46. The molecule has 7 nitrogen and oxygen atoms in total. The fourth-order valence-corrected chi connectivity index (χ4v) is 2.47. The minimum atomic E-state index is -0.529. The molecule has 0 aliphatic carbocycles. The van der Waals surface area contributed by atoms with E-state index in [4.69, 9.17) is 4.74 Å². The van der Waals surface area contributed by atoms with Crippen molar-refractivity contribution in [1.29, 1.82) is 5.26 Å². The van der Waals surface area contributed by atoms with Crippen molar-refractivity contribution in [2.45, 2.75) is 6.92 Å². The Morgan fingerprint density at radius 2 is 1.96 bits per heavy atom. The number of anilines is 1. The van der Waals surface area contributed by atoms with Gasteiger partial charge in [0.1, 0.15) is 17.4 Å². The van der Waals surface area contributed by atoms with Crippen LogP contribution in [-0.2, 0) is 0 Å². The predicted molar refractivity (Wildman–Crippen MR) is 104 cm³/mol. The van der Waals surface area contributed by atoms with Crippen LogP contribution >= 0.6 is 0 Å². The maximum atomic E-state index is 12.2. The molecule has 2 N–H and O–H groups in total. The van der Waals surface area contributed by atoms with E-state index in [0.717, 1.165) is 5.56 Å². The predicted octanol–water partition coefficient (Wildman–Crippen LogP) is 3.15. The highest BCUT2D eigenvalue weighted by atomic mass is 16.5. The normalized spacial score (nSPS) is 10.5. The van der Waals surface area contributed by atoms with Gasteiger partial charge in [0, 0.05) is 11.1 Å². The lowest BCUT2D eigenvalue weighted by molar-refractivity contribution is 0.340. The Bertz CT molecular complexity index is 1050. The van der Waals surface area contributed by atoms with E-state index >= 15 is 0 Å². The second-order valence-corrected chi connectivity index (χ2v) is 5.46. The summed E-state index contributed by atoms with van der Waals surface area (Å²) in [7, 11) is 0. The van der Waals surface area contributed by atoms with Crippen molar-refractivity contribution in [3.63, 3.8) is 0 Å². The summed E-state index contributed by atoms with van der Waals surface area (Å²) in [5, 5.41) is 13.4. The molecule has 2 aromatic carbocycles. The average molecular weight is 359 g/mol. The lowest BCUT2D eigenvalue weighted by Crippen LogP contribution is -2.16. The van der Waals surface area contributed by atoms with Gasteiger partial charge in [-0.15, -0.1) is 0 Å². The van der Waals surface area contributed by atoms with Crippen LogP contribution in [0, 0.1) is 11.3 Å². The lowest BCUT2D eigenvalue weighted by atomic mass is 10.1. The van der Waals surface area contributed by atoms with Crippen LogP contribution < -0.4 is 15.7 Å². The molecule has 0 radical (unpaired) electrons. The van der Waals surface area contributed by atoms with Crippen LogP contribution in [0.2, 0.25) is 0 Å². The van der Waals surface area contributed by atoms with E-state index in [9.17, 15) is 10.1 Å². The fourth-order valence-electron chi connectivity index (χ4n) is 2.47. The first-order valence-electron chi connectivity index (χ1n) is 8.33. The Hall–Kier alpha value is -3.92. The number of nitrogens with one attached hydrogen (secondary N) is 2. The van der Waals surface area contributed by atoms with E-state index < -0.39 is 5.56 Å². The van der Waals surface area contributed by atoms with Crippen LogP contribution in [0.3, 0.4) is 0 Å².